The fourth-order valence-electron chi connectivity index (χ4n) is 2.90. The molecule has 3 heterocycles. The summed E-state index contributed by atoms with van der Waals surface area (Å²) >= 11 is 7.60. The number of aryl methyl sites for hydroxylation is 1. The van der Waals surface area contributed by atoms with Crippen LogP contribution in [0.15, 0.2) is 41.4 Å². The molecule has 5 nitrogen and oxygen atoms in total. The number of para-hydroxylation sites is 1. The van der Waals surface area contributed by atoms with Crippen molar-refractivity contribution in [1.82, 2.24) is 14.4 Å². The van der Waals surface area contributed by atoms with Crippen LogP contribution in [0.3, 0.4) is 0 Å². The molecule has 122 valence electrons. The molecule has 0 radical (unpaired) electrons. The van der Waals surface area contributed by atoms with Gasteiger partial charge in [-0.1, -0.05) is 29.8 Å². The van der Waals surface area contributed by atoms with Crippen molar-refractivity contribution in [1.29, 1.82) is 5.26 Å². The molecule has 4 aromatic rings. The zero-order valence-corrected chi connectivity index (χ0v) is 14.6. The van der Waals surface area contributed by atoms with Crippen molar-refractivity contribution in [3.8, 4) is 6.07 Å². The van der Waals surface area contributed by atoms with Crippen LogP contribution < -0.4 is 0 Å². The molecule has 0 fully saturated rings. The van der Waals surface area contributed by atoms with Crippen molar-refractivity contribution in [3.05, 3.63) is 63.5 Å². The Morgan fingerprint density at radius 3 is 3.04 bits per heavy atom. The number of carbonyl (C=O) groups is 1. The number of benzene rings is 1. The van der Waals surface area contributed by atoms with E-state index >= 15 is 0 Å². The molecule has 1 N–H and O–H groups in total. The number of hydrogen-bond acceptors (Lipinski definition) is 4. The molecule has 0 aliphatic carbocycles. The molecule has 0 bridgehead atoms. The van der Waals surface area contributed by atoms with Crippen LogP contribution in [0.5, 0.6) is 0 Å². The quantitative estimate of drug-likeness (QED) is 0.326. The zero-order chi connectivity index (χ0) is 17.6. The molecule has 25 heavy (non-hydrogen) atoms. The fraction of sp³-hybridized carbons (Fsp3) is 0.0556. The zero-order valence-electron chi connectivity index (χ0n) is 13.1. The fourth-order valence-corrected chi connectivity index (χ4v) is 3.89. The van der Waals surface area contributed by atoms with Crippen LogP contribution in [0.2, 0.25) is 5.15 Å². The summed E-state index contributed by atoms with van der Waals surface area (Å²) in [4.78, 5) is 21.1. The lowest BCUT2D eigenvalue weighted by molar-refractivity contribution is 0.104. The maximum Gasteiger partial charge on any atom is 0.206 e. The molecule has 0 unspecified atom stereocenters. The van der Waals surface area contributed by atoms with Crippen LogP contribution in [0.1, 0.15) is 21.7 Å². The van der Waals surface area contributed by atoms with E-state index in [1.54, 1.807) is 10.6 Å². The Hall–Kier alpha value is -2.88. The summed E-state index contributed by atoms with van der Waals surface area (Å²) in [6.07, 6.45) is 3.31. The number of allylic oxidation sites excluding steroid dienone is 1. The van der Waals surface area contributed by atoms with Gasteiger partial charge in [-0.05, 0) is 19.1 Å². The Labute approximate surface area is 151 Å². The predicted octanol–water partition coefficient (Wildman–Crippen LogP) is 4.63. The maximum absolute atomic E-state index is 13.0. The average molecular weight is 367 g/mol. The number of nitrogens with one attached hydrogen (secondary N) is 1. The molecule has 0 amide bonds. The third-order valence-corrected chi connectivity index (χ3v) is 5.06. The number of aromatic amines is 1. The Morgan fingerprint density at radius 2 is 2.24 bits per heavy atom. The van der Waals surface area contributed by atoms with E-state index in [-0.39, 0.29) is 16.5 Å². The van der Waals surface area contributed by atoms with Crippen LogP contribution >= 0.6 is 22.9 Å². The Kier molecular flexibility index (Phi) is 3.68. The first-order valence-electron chi connectivity index (χ1n) is 7.45. The number of ketones is 1. The van der Waals surface area contributed by atoms with E-state index in [4.69, 9.17) is 11.6 Å². The number of thiazole rings is 1. The maximum atomic E-state index is 13.0. The lowest BCUT2D eigenvalue weighted by Gasteiger charge is -2.00. The van der Waals surface area contributed by atoms with Gasteiger partial charge in [0, 0.05) is 28.2 Å². The number of H-pyrrole nitrogens is 1. The van der Waals surface area contributed by atoms with Gasteiger partial charge in [-0.15, -0.1) is 11.3 Å². The van der Waals surface area contributed by atoms with Crippen molar-refractivity contribution >= 4 is 50.7 Å². The van der Waals surface area contributed by atoms with E-state index in [0.29, 0.717) is 16.2 Å². The third kappa shape index (κ3) is 2.45. The van der Waals surface area contributed by atoms with Crippen molar-refractivity contribution in [2.75, 3.05) is 0 Å². The number of aromatic nitrogens is 3. The van der Waals surface area contributed by atoms with Gasteiger partial charge in [0.2, 0.25) is 5.78 Å². The summed E-state index contributed by atoms with van der Waals surface area (Å²) in [6.45, 7) is 1.82. The lowest BCUT2D eigenvalue weighted by atomic mass is 10.0. The third-order valence-electron chi connectivity index (χ3n) is 4.02. The first kappa shape index (κ1) is 15.6. The van der Waals surface area contributed by atoms with E-state index in [0.717, 1.165) is 16.6 Å². The highest BCUT2D eigenvalue weighted by Crippen LogP contribution is 2.27. The van der Waals surface area contributed by atoms with E-state index in [2.05, 4.69) is 9.97 Å². The second-order valence-corrected chi connectivity index (χ2v) is 6.74. The summed E-state index contributed by atoms with van der Waals surface area (Å²) in [6, 6.07) is 9.53. The smallest absolute Gasteiger partial charge is 0.206 e. The standard InChI is InChI=1S/C18H11ClN4OS/c1-10-15(12-4-2-3-5-13(12)21-10)16(24)11(9-20)8-14-17(19)22-18-23(14)6-7-25-18/h2-8,21H,1H3/b11-8+. The number of imidazole rings is 1. The minimum Gasteiger partial charge on any atom is -0.358 e. The average Bonchev–Trinajstić information content (AvgIpc) is 3.25. The molecule has 0 atom stereocenters. The van der Waals surface area contributed by atoms with Gasteiger partial charge < -0.3 is 4.98 Å². The monoisotopic (exact) mass is 366 g/mol. The normalized spacial score (nSPS) is 12.0. The largest absolute Gasteiger partial charge is 0.358 e. The molecule has 0 spiro atoms. The Morgan fingerprint density at radius 1 is 1.44 bits per heavy atom. The van der Waals surface area contributed by atoms with E-state index in [9.17, 15) is 10.1 Å². The first-order valence-corrected chi connectivity index (χ1v) is 8.70. The first-order chi connectivity index (χ1) is 12.1. The molecule has 1 aromatic carbocycles. The van der Waals surface area contributed by atoms with Crippen molar-refractivity contribution in [2.24, 2.45) is 0 Å². The SMILES string of the molecule is Cc1[nH]c2ccccc2c1C(=O)/C(C#N)=C/c1c(Cl)nc2sccn12. The van der Waals surface area contributed by atoms with Crippen LogP contribution in [0, 0.1) is 18.3 Å². The lowest BCUT2D eigenvalue weighted by Crippen LogP contribution is -2.03. The number of carbonyl (C=O) groups excluding carboxylic acids is 1. The Bertz CT molecular complexity index is 1210. The van der Waals surface area contributed by atoms with Gasteiger partial charge in [0.1, 0.15) is 11.6 Å². The van der Waals surface area contributed by atoms with Crippen molar-refractivity contribution < 1.29 is 4.79 Å². The summed E-state index contributed by atoms with van der Waals surface area (Å²) < 4.78 is 1.76. The molecule has 0 aliphatic rings. The molecule has 3 aromatic heterocycles. The summed E-state index contributed by atoms with van der Waals surface area (Å²) in [5.41, 5.74) is 2.64. The molecule has 7 heteroatoms. The number of rotatable bonds is 3. The highest BCUT2D eigenvalue weighted by Gasteiger charge is 2.21. The summed E-state index contributed by atoms with van der Waals surface area (Å²) in [5, 5.41) is 12.5. The summed E-state index contributed by atoms with van der Waals surface area (Å²) in [5.74, 6) is -0.335. The minimum absolute atomic E-state index is 0.0164. The van der Waals surface area contributed by atoms with Gasteiger partial charge in [0.25, 0.3) is 0 Å². The van der Waals surface area contributed by atoms with Gasteiger partial charge in [-0.25, -0.2) is 4.98 Å². The topological polar surface area (TPSA) is 73.9 Å². The second-order valence-electron chi connectivity index (χ2n) is 5.51. The van der Waals surface area contributed by atoms with E-state index in [1.165, 1.54) is 17.4 Å². The predicted molar refractivity (Wildman–Crippen MR) is 99.0 cm³/mol. The van der Waals surface area contributed by atoms with Crippen LogP contribution in [-0.4, -0.2) is 20.2 Å². The number of Topliss-reactive ketones (excluding diaryl/α,β-unsaturated/α-hetero) is 1. The number of fused-ring (bicyclic) bond motifs is 2. The number of nitriles is 1. The summed E-state index contributed by atoms with van der Waals surface area (Å²) in [7, 11) is 0. The molecule has 0 saturated heterocycles. The van der Waals surface area contributed by atoms with Crippen molar-refractivity contribution in [3.63, 3.8) is 0 Å². The molecule has 0 saturated carbocycles. The Balaban J connectivity index is 1.87. The van der Waals surface area contributed by atoms with Crippen LogP contribution in [0.25, 0.3) is 21.9 Å². The second kappa shape index (κ2) is 5.88. The number of hydrogen-bond donors (Lipinski definition) is 1. The highest BCUT2D eigenvalue weighted by atomic mass is 35.5. The van der Waals surface area contributed by atoms with Crippen LogP contribution in [0.4, 0.5) is 0 Å². The van der Waals surface area contributed by atoms with Gasteiger partial charge in [0.15, 0.2) is 10.1 Å². The molecular formula is C18H11ClN4OS. The number of halogens is 1. The van der Waals surface area contributed by atoms with Crippen LogP contribution in [-0.2, 0) is 0 Å². The van der Waals surface area contributed by atoms with Gasteiger partial charge in [-0.2, -0.15) is 5.26 Å². The molecule has 4 rings (SSSR count). The minimum atomic E-state index is -0.335. The van der Waals surface area contributed by atoms with Crippen molar-refractivity contribution in [2.45, 2.75) is 6.92 Å². The van der Waals surface area contributed by atoms with Gasteiger partial charge in [-0.3, -0.25) is 9.20 Å². The van der Waals surface area contributed by atoms with Gasteiger partial charge >= 0.3 is 0 Å². The van der Waals surface area contributed by atoms with E-state index in [1.807, 2.05) is 42.6 Å². The van der Waals surface area contributed by atoms with E-state index < -0.39 is 0 Å². The number of nitrogens with zero attached hydrogens (tertiary/aromatic N) is 3. The van der Waals surface area contributed by atoms with Gasteiger partial charge in [0.05, 0.1) is 11.3 Å². The highest BCUT2D eigenvalue weighted by molar-refractivity contribution is 7.15. The molecule has 0 aliphatic heterocycles. The molecular weight excluding hydrogens is 356 g/mol.